The van der Waals surface area contributed by atoms with Gasteiger partial charge in [0.1, 0.15) is 5.82 Å². The summed E-state index contributed by atoms with van der Waals surface area (Å²) < 4.78 is 13.2. The maximum atomic E-state index is 13.2. The zero-order valence-electron chi connectivity index (χ0n) is 7.47. The van der Waals surface area contributed by atoms with Crippen molar-refractivity contribution in [1.82, 2.24) is 0 Å². The second-order valence-electron chi connectivity index (χ2n) is 2.95. The average Bonchev–Trinajstić information content (AvgIpc) is 2.03. The molecule has 0 aliphatic heterocycles. The third-order valence-electron chi connectivity index (χ3n) is 1.98. The maximum Gasteiger partial charge on any atom is 0.128 e. The van der Waals surface area contributed by atoms with Gasteiger partial charge < -0.3 is 5.73 Å². The quantitative estimate of drug-likeness (QED) is 0.719. The number of rotatable bonds is 2. The lowest BCUT2D eigenvalue weighted by Crippen LogP contribution is -2.10. The van der Waals surface area contributed by atoms with Crippen LogP contribution in [0.2, 0.25) is 0 Å². The van der Waals surface area contributed by atoms with Crippen molar-refractivity contribution in [3.63, 3.8) is 0 Å². The zero-order chi connectivity index (χ0) is 9.14. The highest BCUT2D eigenvalue weighted by atomic mass is 19.1. The van der Waals surface area contributed by atoms with E-state index < -0.39 is 0 Å². The molecule has 0 amide bonds. The molecular weight excluding hydrogens is 153 g/mol. The fourth-order valence-electron chi connectivity index (χ4n) is 1.40. The molecule has 1 aromatic rings. The third-order valence-corrected chi connectivity index (χ3v) is 1.98. The fraction of sp³-hybridized carbons (Fsp3) is 0.400. The molecule has 0 aliphatic rings. The normalized spacial score (nSPS) is 13.0. The maximum absolute atomic E-state index is 13.2. The van der Waals surface area contributed by atoms with Gasteiger partial charge in [0, 0.05) is 11.6 Å². The molecule has 1 nitrogen and oxygen atoms in total. The first-order chi connectivity index (χ1) is 5.66. The number of hydrogen-bond donors (Lipinski definition) is 1. The molecule has 2 heteroatoms. The van der Waals surface area contributed by atoms with Gasteiger partial charge in [-0.15, -0.1) is 0 Å². The predicted molar refractivity (Wildman–Crippen MR) is 48.4 cm³/mol. The third kappa shape index (κ3) is 1.64. The van der Waals surface area contributed by atoms with E-state index in [1.165, 1.54) is 6.07 Å². The molecule has 0 saturated heterocycles. The van der Waals surface area contributed by atoms with Crippen molar-refractivity contribution in [2.45, 2.75) is 26.3 Å². The molecule has 0 fully saturated rings. The molecule has 2 N–H and O–H groups in total. The second-order valence-corrected chi connectivity index (χ2v) is 2.95. The Hall–Kier alpha value is -0.890. The van der Waals surface area contributed by atoms with Crippen molar-refractivity contribution >= 4 is 0 Å². The molecule has 1 aromatic carbocycles. The minimum absolute atomic E-state index is 0.190. The van der Waals surface area contributed by atoms with E-state index in [0.717, 1.165) is 12.0 Å². The van der Waals surface area contributed by atoms with Crippen LogP contribution in [0.4, 0.5) is 4.39 Å². The van der Waals surface area contributed by atoms with Crippen LogP contribution in [-0.4, -0.2) is 0 Å². The molecule has 12 heavy (non-hydrogen) atoms. The van der Waals surface area contributed by atoms with Gasteiger partial charge in [-0.3, -0.25) is 0 Å². The van der Waals surface area contributed by atoms with E-state index in [1.807, 2.05) is 13.0 Å². The molecule has 0 heterocycles. The van der Waals surface area contributed by atoms with Gasteiger partial charge in [0.2, 0.25) is 0 Å². The smallest absolute Gasteiger partial charge is 0.128 e. The van der Waals surface area contributed by atoms with E-state index in [-0.39, 0.29) is 11.9 Å². The van der Waals surface area contributed by atoms with Crippen LogP contribution >= 0.6 is 0 Å². The van der Waals surface area contributed by atoms with Crippen LogP contribution in [0.25, 0.3) is 0 Å². The standard InChI is InChI=1S/C10H14FN/c1-3-8-5-4-6-9(11)10(8)7(2)12/h4-7H,3,12H2,1-2H3. The molecule has 1 unspecified atom stereocenters. The molecule has 0 saturated carbocycles. The fourth-order valence-corrected chi connectivity index (χ4v) is 1.40. The van der Waals surface area contributed by atoms with Gasteiger partial charge in [0.05, 0.1) is 0 Å². The summed E-state index contributed by atoms with van der Waals surface area (Å²) in [6.45, 7) is 3.80. The highest BCUT2D eigenvalue weighted by Gasteiger charge is 2.10. The lowest BCUT2D eigenvalue weighted by atomic mass is 10.00. The largest absolute Gasteiger partial charge is 0.324 e. The number of benzene rings is 1. The Balaban J connectivity index is 3.20. The first-order valence-corrected chi connectivity index (χ1v) is 4.19. The molecule has 1 atom stereocenters. The summed E-state index contributed by atoms with van der Waals surface area (Å²) in [6, 6.07) is 4.88. The van der Waals surface area contributed by atoms with Crippen LogP contribution in [0.1, 0.15) is 31.0 Å². The SMILES string of the molecule is CCc1cccc(F)c1C(C)N. The van der Waals surface area contributed by atoms with Crippen molar-refractivity contribution in [1.29, 1.82) is 0 Å². The topological polar surface area (TPSA) is 26.0 Å². The van der Waals surface area contributed by atoms with E-state index in [9.17, 15) is 4.39 Å². The van der Waals surface area contributed by atoms with Crippen molar-refractivity contribution in [3.8, 4) is 0 Å². The Bertz CT molecular complexity index is 269. The summed E-state index contributed by atoms with van der Waals surface area (Å²) in [6.07, 6.45) is 0.828. The Morgan fingerprint density at radius 3 is 2.58 bits per heavy atom. The first-order valence-electron chi connectivity index (χ1n) is 4.19. The Kier molecular flexibility index (Phi) is 2.82. The van der Waals surface area contributed by atoms with Gasteiger partial charge in [0.15, 0.2) is 0 Å². The van der Waals surface area contributed by atoms with Crippen LogP contribution in [0.3, 0.4) is 0 Å². The van der Waals surface area contributed by atoms with Gasteiger partial charge in [0.25, 0.3) is 0 Å². The summed E-state index contributed by atoms with van der Waals surface area (Å²) >= 11 is 0. The predicted octanol–water partition coefficient (Wildman–Crippen LogP) is 2.41. The van der Waals surface area contributed by atoms with Gasteiger partial charge >= 0.3 is 0 Å². The second kappa shape index (κ2) is 3.68. The van der Waals surface area contributed by atoms with Crippen molar-refractivity contribution < 1.29 is 4.39 Å². The lowest BCUT2D eigenvalue weighted by molar-refractivity contribution is 0.589. The molecule has 0 spiro atoms. The summed E-state index contributed by atoms with van der Waals surface area (Å²) in [4.78, 5) is 0. The molecule has 0 radical (unpaired) electrons. The summed E-state index contributed by atoms with van der Waals surface area (Å²) in [5, 5.41) is 0. The molecular formula is C10H14FN. The monoisotopic (exact) mass is 167 g/mol. The van der Waals surface area contributed by atoms with Gasteiger partial charge in [-0.05, 0) is 25.0 Å². The van der Waals surface area contributed by atoms with Crippen molar-refractivity contribution in [2.75, 3.05) is 0 Å². The number of hydrogen-bond acceptors (Lipinski definition) is 1. The van der Waals surface area contributed by atoms with E-state index in [2.05, 4.69) is 0 Å². The lowest BCUT2D eigenvalue weighted by Gasteiger charge is -2.11. The van der Waals surface area contributed by atoms with Gasteiger partial charge in [-0.25, -0.2) is 4.39 Å². The molecule has 0 aromatic heterocycles. The Labute approximate surface area is 72.4 Å². The Morgan fingerprint density at radius 2 is 2.17 bits per heavy atom. The van der Waals surface area contributed by atoms with Crippen LogP contribution < -0.4 is 5.73 Å². The summed E-state index contributed by atoms with van der Waals surface area (Å²) in [7, 11) is 0. The van der Waals surface area contributed by atoms with Crippen LogP contribution in [0.5, 0.6) is 0 Å². The minimum atomic E-state index is -0.221. The highest BCUT2D eigenvalue weighted by Crippen LogP contribution is 2.19. The van der Waals surface area contributed by atoms with Crippen LogP contribution in [0, 0.1) is 5.82 Å². The molecule has 1 rings (SSSR count). The van der Waals surface area contributed by atoms with Gasteiger partial charge in [-0.1, -0.05) is 19.1 Å². The number of nitrogens with two attached hydrogens (primary N) is 1. The average molecular weight is 167 g/mol. The molecule has 66 valence electrons. The van der Waals surface area contributed by atoms with Gasteiger partial charge in [-0.2, -0.15) is 0 Å². The van der Waals surface area contributed by atoms with Crippen molar-refractivity contribution in [3.05, 3.63) is 35.1 Å². The highest BCUT2D eigenvalue weighted by molar-refractivity contribution is 5.30. The summed E-state index contributed by atoms with van der Waals surface area (Å²) in [5.74, 6) is -0.190. The molecule has 0 aliphatic carbocycles. The molecule has 0 bridgehead atoms. The zero-order valence-corrected chi connectivity index (χ0v) is 7.47. The van der Waals surface area contributed by atoms with E-state index >= 15 is 0 Å². The van der Waals surface area contributed by atoms with Crippen LogP contribution in [0.15, 0.2) is 18.2 Å². The van der Waals surface area contributed by atoms with E-state index in [4.69, 9.17) is 5.73 Å². The van der Waals surface area contributed by atoms with E-state index in [1.54, 1.807) is 13.0 Å². The first kappa shape index (κ1) is 9.20. The number of aryl methyl sites for hydroxylation is 1. The Morgan fingerprint density at radius 1 is 1.50 bits per heavy atom. The minimum Gasteiger partial charge on any atom is -0.324 e. The van der Waals surface area contributed by atoms with Crippen molar-refractivity contribution in [2.24, 2.45) is 5.73 Å². The van der Waals surface area contributed by atoms with Crippen LogP contribution in [-0.2, 0) is 6.42 Å². The van der Waals surface area contributed by atoms with E-state index in [0.29, 0.717) is 5.56 Å². The number of halogens is 1. The summed E-state index contributed by atoms with van der Waals surface area (Å²) in [5.41, 5.74) is 7.31.